The van der Waals surface area contributed by atoms with Gasteiger partial charge in [0.2, 0.25) is 0 Å². The molecule has 1 unspecified atom stereocenters. The lowest BCUT2D eigenvalue weighted by atomic mass is 9.91. The van der Waals surface area contributed by atoms with Crippen LogP contribution in [0.15, 0.2) is 104 Å². The van der Waals surface area contributed by atoms with Gasteiger partial charge in [-0.05, 0) is 66.9 Å². The number of carbonyl (C=O) groups is 1. The average molecular weight is 448 g/mol. The lowest BCUT2D eigenvalue weighted by Crippen LogP contribution is -2.10. The third-order valence-corrected chi connectivity index (χ3v) is 6.25. The number of benzene rings is 4. The Morgan fingerprint density at radius 2 is 1.03 bits per heavy atom. The summed E-state index contributed by atoms with van der Waals surface area (Å²) < 4.78 is 0. The number of aliphatic carboxylic acids is 1. The number of carboxylic acid groups (broad SMARTS) is 1. The fourth-order valence-electron chi connectivity index (χ4n) is 4.04. The predicted octanol–water partition coefficient (Wildman–Crippen LogP) is 8.02. The highest BCUT2D eigenvalue weighted by molar-refractivity contribution is 6.14. The van der Waals surface area contributed by atoms with Crippen molar-refractivity contribution in [2.75, 3.05) is 4.90 Å². The highest BCUT2D eigenvalue weighted by Crippen LogP contribution is 2.36. The van der Waals surface area contributed by atoms with Gasteiger partial charge in [-0.15, -0.1) is 0 Å². The van der Waals surface area contributed by atoms with E-state index in [1.807, 2.05) is 24.3 Å². The van der Waals surface area contributed by atoms with E-state index in [9.17, 15) is 4.79 Å². The molecule has 4 aromatic rings. The van der Waals surface area contributed by atoms with Crippen LogP contribution >= 0.6 is 0 Å². The van der Waals surface area contributed by atoms with Gasteiger partial charge in [0.1, 0.15) is 0 Å². The monoisotopic (exact) mass is 447 g/mol. The maximum Gasteiger partial charge on any atom is 0.335 e. The molecule has 0 aliphatic heterocycles. The molecule has 4 aromatic carbocycles. The molecule has 0 spiro atoms. The molecule has 0 amide bonds. The molecule has 34 heavy (non-hydrogen) atoms. The van der Waals surface area contributed by atoms with Gasteiger partial charge in [-0.25, -0.2) is 4.79 Å². The van der Waals surface area contributed by atoms with E-state index in [0.29, 0.717) is 5.56 Å². The Kier molecular flexibility index (Phi) is 6.65. The van der Waals surface area contributed by atoms with Crippen molar-refractivity contribution in [2.24, 2.45) is 0 Å². The van der Waals surface area contributed by atoms with Crippen LogP contribution in [0.2, 0.25) is 0 Å². The van der Waals surface area contributed by atoms with Crippen molar-refractivity contribution < 1.29 is 9.90 Å². The van der Waals surface area contributed by atoms with E-state index < -0.39 is 5.97 Å². The SMILES string of the molecule is C=C(C(=O)O)c1ccc(C(C)c2ccc(N(c3ccc(C)cc3)c3ccc(C)cc3)cc2)cc1. The molecule has 4 rings (SSSR count). The molecular formula is C31H29NO2. The summed E-state index contributed by atoms with van der Waals surface area (Å²) >= 11 is 0. The fourth-order valence-corrected chi connectivity index (χ4v) is 4.04. The molecule has 0 aliphatic carbocycles. The quantitative estimate of drug-likeness (QED) is 0.292. The minimum Gasteiger partial charge on any atom is -0.478 e. The molecule has 0 fully saturated rings. The number of nitrogens with zero attached hydrogens (tertiary/aromatic N) is 1. The van der Waals surface area contributed by atoms with Crippen LogP contribution < -0.4 is 4.90 Å². The van der Waals surface area contributed by atoms with Gasteiger partial charge in [-0.2, -0.15) is 0 Å². The van der Waals surface area contributed by atoms with Crippen molar-refractivity contribution in [3.05, 3.63) is 131 Å². The predicted molar refractivity (Wildman–Crippen MR) is 141 cm³/mol. The second kappa shape index (κ2) is 9.80. The minimum atomic E-state index is -0.997. The maximum absolute atomic E-state index is 11.2. The molecule has 0 aliphatic rings. The molecule has 0 bridgehead atoms. The molecule has 170 valence electrons. The number of hydrogen-bond acceptors (Lipinski definition) is 2. The highest BCUT2D eigenvalue weighted by Gasteiger charge is 2.15. The Balaban J connectivity index is 1.63. The van der Waals surface area contributed by atoms with Crippen molar-refractivity contribution in [1.82, 2.24) is 0 Å². The molecule has 0 saturated carbocycles. The van der Waals surface area contributed by atoms with Crippen molar-refractivity contribution in [3.63, 3.8) is 0 Å². The van der Waals surface area contributed by atoms with Gasteiger partial charge >= 0.3 is 5.97 Å². The van der Waals surface area contributed by atoms with Crippen molar-refractivity contribution >= 4 is 28.6 Å². The maximum atomic E-state index is 11.2. The standard InChI is InChI=1S/C31H29NO2/c1-21-5-15-28(16-6-21)32(29-17-7-22(2)8-18-29)30-19-13-26(14-20-30)23(3)25-9-11-27(12-10-25)24(4)31(33)34/h5-20,23H,4H2,1-3H3,(H,33,34). The molecule has 1 atom stereocenters. The number of hydrogen-bond donors (Lipinski definition) is 1. The summed E-state index contributed by atoms with van der Waals surface area (Å²) in [6, 6.07) is 33.4. The molecule has 0 saturated heterocycles. The van der Waals surface area contributed by atoms with E-state index in [1.165, 1.54) is 16.7 Å². The molecule has 3 nitrogen and oxygen atoms in total. The third kappa shape index (κ3) is 4.94. The van der Waals surface area contributed by atoms with Crippen LogP contribution in [0.3, 0.4) is 0 Å². The van der Waals surface area contributed by atoms with Gasteiger partial charge < -0.3 is 10.0 Å². The van der Waals surface area contributed by atoms with Gasteiger partial charge in [0, 0.05) is 23.0 Å². The first-order chi connectivity index (χ1) is 16.3. The Labute approximate surface area is 201 Å². The van der Waals surface area contributed by atoms with Gasteiger partial charge in [-0.3, -0.25) is 0 Å². The van der Waals surface area contributed by atoms with Crippen LogP contribution in [-0.2, 0) is 4.79 Å². The van der Waals surface area contributed by atoms with Crippen molar-refractivity contribution in [3.8, 4) is 0 Å². The molecule has 1 N–H and O–H groups in total. The second-order valence-corrected chi connectivity index (χ2v) is 8.73. The molecule has 0 radical (unpaired) electrons. The van der Waals surface area contributed by atoms with E-state index >= 15 is 0 Å². The Morgan fingerprint density at radius 3 is 1.41 bits per heavy atom. The summed E-state index contributed by atoms with van der Waals surface area (Å²) in [7, 11) is 0. The smallest absolute Gasteiger partial charge is 0.335 e. The summed E-state index contributed by atoms with van der Waals surface area (Å²) in [5.41, 5.74) is 8.85. The van der Waals surface area contributed by atoms with Gasteiger partial charge in [-0.1, -0.05) is 85.3 Å². The van der Waals surface area contributed by atoms with Crippen LogP contribution in [-0.4, -0.2) is 11.1 Å². The van der Waals surface area contributed by atoms with Crippen LogP contribution in [0.5, 0.6) is 0 Å². The molecule has 0 heterocycles. The molecular weight excluding hydrogens is 418 g/mol. The normalized spacial score (nSPS) is 11.6. The van der Waals surface area contributed by atoms with E-state index in [4.69, 9.17) is 5.11 Å². The zero-order valence-corrected chi connectivity index (χ0v) is 19.8. The molecule has 0 aromatic heterocycles. The first-order valence-electron chi connectivity index (χ1n) is 11.4. The van der Waals surface area contributed by atoms with E-state index in [1.54, 1.807) is 0 Å². The van der Waals surface area contributed by atoms with Crippen LogP contribution in [0.25, 0.3) is 5.57 Å². The zero-order valence-electron chi connectivity index (χ0n) is 19.8. The fraction of sp³-hybridized carbons (Fsp3) is 0.129. The summed E-state index contributed by atoms with van der Waals surface area (Å²) in [5, 5.41) is 9.15. The summed E-state index contributed by atoms with van der Waals surface area (Å²) in [6.45, 7) is 9.99. The van der Waals surface area contributed by atoms with E-state index in [2.05, 4.69) is 105 Å². The molecule has 3 heteroatoms. The largest absolute Gasteiger partial charge is 0.478 e. The Hall–Kier alpha value is -4.11. The summed E-state index contributed by atoms with van der Waals surface area (Å²) in [6.07, 6.45) is 0. The van der Waals surface area contributed by atoms with E-state index in [0.717, 1.165) is 22.6 Å². The zero-order chi connectivity index (χ0) is 24.2. The average Bonchev–Trinajstić information content (AvgIpc) is 2.86. The number of rotatable bonds is 7. The minimum absolute atomic E-state index is 0.107. The lowest BCUT2D eigenvalue weighted by molar-refractivity contribution is -0.130. The van der Waals surface area contributed by atoms with Gasteiger partial charge in [0.25, 0.3) is 0 Å². The summed E-state index contributed by atoms with van der Waals surface area (Å²) in [5.74, 6) is -0.823. The Morgan fingerprint density at radius 1 is 0.676 bits per heavy atom. The van der Waals surface area contributed by atoms with Crippen molar-refractivity contribution in [1.29, 1.82) is 0 Å². The first kappa shape index (κ1) is 23.1. The van der Waals surface area contributed by atoms with Gasteiger partial charge in [0.15, 0.2) is 0 Å². The highest BCUT2D eigenvalue weighted by atomic mass is 16.4. The summed E-state index contributed by atoms with van der Waals surface area (Å²) in [4.78, 5) is 13.4. The Bertz CT molecular complexity index is 1240. The number of anilines is 3. The van der Waals surface area contributed by atoms with E-state index in [-0.39, 0.29) is 11.5 Å². The third-order valence-electron chi connectivity index (χ3n) is 6.25. The first-order valence-corrected chi connectivity index (χ1v) is 11.4. The number of aryl methyl sites for hydroxylation is 2. The van der Waals surface area contributed by atoms with Gasteiger partial charge in [0.05, 0.1) is 5.57 Å². The van der Waals surface area contributed by atoms with Crippen molar-refractivity contribution in [2.45, 2.75) is 26.7 Å². The second-order valence-electron chi connectivity index (χ2n) is 8.73. The van der Waals surface area contributed by atoms with Crippen LogP contribution in [0, 0.1) is 13.8 Å². The topological polar surface area (TPSA) is 40.5 Å². The lowest BCUT2D eigenvalue weighted by Gasteiger charge is -2.26. The van der Waals surface area contributed by atoms with Crippen LogP contribution in [0.4, 0.5) is 17.1 Å². The number of carboxylic acids is 1. The van der Waals surface area contributed by atoms with Crippen LogP contribution in [0.1, 0.15) is 40.7 Å².